The average Bonchev–Trinajstić information content (AvgIpc) is 2.99. The fourth-order valence-corrected chi connectivity index (χ4v) is 4.60. The Balaban J connectivity index is 1.43. The van der Waals surface area contributed by atoms with E-state index in [1.165, 1.54) is 0 Å². The number of benzene rings is 2. The lowest BCUT2D eigenvalue weighted by Crippen LogP contribution is -2.61. The smallest absolute Gasteiger partial charge is 0.407 e. The van der Waals surface area contributed by atoms with Crippen molar-refractivity contribution in [1.29, 1.82) is 0 Å². The number of carbonyl (C=O) groups is 2. The first kappa shape index (κ1) is 19.5. The van der Waals surface area contributed by atoms with Gasteiger partial charge in [-0.3, -0.25) is 4.79 Å². The number of nitrogens with one attached hydrogen (secondary N) is 1. The molecule has 0 saturated heterocycles. The predicted octanol–water partition coefficient (Wildman–Crippen LogP) is 3.94. The first-order valence-corrected chi connectivity index (χ1v) is 9.98. The number of carboxylic acids is 1. The molecule has 0 aliphatic heterocycles. The third-order valence-electron chi connectivity index (χ3n) is 5.84. The summed E-state index contributed by atoms with van der Waals surface area (Å²) in [6.07, 6.45) is 0.228. The minimum atomic E-state index is -0.945. The van der Waals surface area contributed by atoms with Crippen molar-refractivity contribution in [2.45, 2.75) is 43.7 Å². The predicted molar refractivity (Wildman–Crippen MR) is 108 cm³/mol. The molecule has 0 atom stereocenters. The van der Waals surface area contributed by atoms with E-state index in [2.05, 4.69) is 29.6 Å². The van der Waals surface area contributed by atoms with Gasteiger partial charge in [0.25, 0.3) is 0 Å². The van der Waals surface area contributed by atoms with Crippen molar-refractivity contribution < 1.29 is 24.2 Å². The van der Waals surface area contributed by atoms with E-state index < -0.39 is 17.6 Å². The molecule has 29 heavy (non-hydrogen) atoms. The van der Waals surface area contributed by atoms with Gasteiger partial charge in [0.05, 0.1) is 18.1 Å². The Labute approximate surface area is 169 Å². The van der Waals surface area contributed by atoms with Crippen LogP contribution < -0.4 is 5.32 Å². The molecule has 1 saturated carbocycles. The molecule has 0 heterocycles. The molecular weight excluding hydrogens is 370 g/mol. The maximum atomic E-state index is 12.5. The van der Waals surface area contributed by atoms with Gasteiger partial charge in [-0.25, -0.2) is 4.79 Å². The van der Waals surface area contributed by atoms with Crippen molar-refractivity contribution in [2.24, 2.45) is 0 Å². The molecule has 2 N–H and O–H groups in total. The number of carbonyl (C=O) groups excluding carboxylic acids is 1. The van der Waals surface area contributed by atoms with Crippen LogP contribution in [0.25, 0.3) is 11.1 Å². The Morgan fingerprint density at radius 2 is 1.66 bits per heavy atom. The van der Waals surface area contributed by atoms with Gasteiger partial charge < -0.3 is 19.9 Å². The van der Waals surface area contributed by atoms with Crippen LogP contribution in [0.1, 0.15) is 43.2 Å². The van der Waals surface area contributed by atoms with Crippen LogP contribution in [-0.4, -0.2) is 42.0 Å². The Kier molecular flexibility index (Phi) is 5.28. The van der Waals surface area contributed by atoms with E-state index in [0.29, 0.717) is 19.4 Å². The van der Waals surface area contributed by atoms with E-state index in [1.807, 2.05) is 31.2 Å². The molecule has 0 radical (unpaired) electrons. The minimum absolute atomic E-state index is 0.0202. The summed E-state index contributed by atoms with van der Waals surface area (Å²) in [5.74, 6) is -0.972. The summed E-state index contributed by atoms with van der Waals surface area (Å²) in [6, 6.07) is 16.3. The van der Waals surface area contributed by atoms with E-state index >= 15 is 0 Å². The van der Waals surface area contributed by atoms with Crippen molar-refractivity contribution in [3.63, 3.8) is 0 Å². The third kappa shape index (κ3) is 3.85. The van der Waals surface area contributed by atoms with Crippen LogP contribution in [0.3, 0.4) is 0 Å². The molecule has 0 unspecified atom stereocenters. The molecular formula is C23H25NO5. The normalized spacial score (nSPS) is 22.3. The number of hydrogen-bond donors (Lipinski definition) is 2. The molecule has 2 aromatic carbocycles. The van der Waals surface area contributed by atoms with E-state index in [9.17, 15) is 14.7 Å². The summed E-state index contributed by atoms with van der Waals surface area (Å²) < 4.78 is 11.1. The molecule has 6 heteroatoms. The third-order valence-corrected chi connectivity index (χ3v) is 5.84. The second-order valence-electron chi connectivity index (χ2n) is 7.79. The van der Waals surface area contributed by atoms with Crippen molar-refractivity contribution in [2.75, 3.05) is 13.2 Å². The summed E-state index contributed by atoms with van der Waals surface area (Å²) in [4.78, 5) is 23.8. The zero-order valence-electron chi connectivity index (χ0n) is 16.4. The highest BCUT2D eigenvalue weighted by Crippen LogP contribution is 2.44. The fraction of sp³-hybridized carbons (Fsp3) is 0.391. The summed E-state index contributed by atoms with van der Waals surface area (Å²) >= 11 is 0. The van der Waals surface area contributed by atoms with E-state index in [0.717, 1.165) is 22.3 Å². The fourth-order valence-electron chi connectivity index (χ4n) is 4.60. The van der Waals surface area contributed by atoms with E-state index in [4.69, 9.17) is 9.47 Å². The Morgan fingerprint density at radius 1 is 1.07 bits per heavy atom. The molecule has 0 bridgehead atoms. The Morgan fingerprint density at radius 3 is 2.21 bits per heavy atom. The van der Waals surface area contributed by atoms with Gasteiger partial charge in [-0.1, -0.05) is 48.5 Å². The van der Waals surface area contributed by atoms with Crippen molar-refractivity contribution in [3.8, 4) is 11.1 Å². The van der Waals surface area contributed by atoms with Gasteiger partial charge in [-0.2, -0.15) is 0 Å². The van der Waals surface area contributed by atoms with Gasteiger partial charge >= 0.3 is 12.1 Å². The number of ether oxygens (including phenoxy) is 2. The van der Waals surface area contributed by atoms with Crippen molar-refractivity contribution in [3.05, 3.63) is 59.7 Å². The van der Waals surface area contributed by atoms with Crippen LogP contribution in [0, 0.1) is 0 Å². The summed E-state index contributed by atoms with van der Waals surface area (Å²) in [5, 5.41) is 12.0. The van der Waals surface area contributed by atoms with Crippen LogP contribution in [0.4, 0.5) is 4.79 Å². The Hall–Kier alpha value is -2.86. The highest BCUT2D eigenvalue weighted by molar-refractivity contribution is 5.79. The molecule has 1 fully saturated rings. The van der Waals surface area contributed by atoms with Gasteiger partial charge in [-0.05, 0) is 42.0 Å². The lowest BCUT2D eigenvalue weighted by Gasteiger charge is -2.46. The molecule has 0 aromatic heterocycles. The maximum Gasteiger partial charge on any atom is 0.407 e. The summed E-state index contributed by atoms with van der Waals surface area (Å²) in [5.41, 5.74) is 3.81. The zero-order valence-corrected chi connectivity index (χ0v) is 16.4. The minimum Gasteiger partial charge on any atom is -0.481 e. The molecule has 0 spiro atoms. The van der Waals surface area contributed by atoms with Crippen molar-refractivity contribution >= 4 is 12.1 Å². The van der Waals surface area contributed by atoms with Gasteiger partial charge in [0.2, 0.25) is 0 Å². The number of hydrogen-bond acceptors (Lipinski definition) is 4. The number of fused-ring (bicyclic) bond motifs is 3. The van der Waals surface area contributed by atoms with E-state index in [1.54, 1.807) is 0 Å². The molecule has 6 nitrogen and oxygen atoms in total. The standard InChI is InChI=1S/C23H25NO5/c1-2-28-15-11-23(12-15,13-21(25)26)24-22(27)29-14-20-18-9-5-3-7-16(18)17-8-4-6-10-19(17)20/h3-10,15,20H,2,11-14H2,1H3,(H,24,27)(H,25,26). The van der Waals surface area contributed by atoms with Crippen molar-refractivity contribution in [1.82, 2.24) is 5.32 Å². The number of alkyl carbamates (subject to hydrolysis) is 1. The van der Waals surface area contributed by atoms with Gasteiger partial charge in [0.1, 0.15) is 6.61 Å². The van der Waals surface area contributed by atoms with Gasteiger partial charge in [0, 0.05) is 12.5 Å². The SMILES string of the molecule is CCOC1CC(CC(=O)O)(NC(=O)OCC2c3ccccc3-c3ccccc32)C1. The quantitative estimate of drug-likeness (QED) is 0.742. The Bertz CT molecular complexity index is 873. The maximum absolute atomic E-state index is 12.5. The summed E-state index contributed by atoms with van der Waals surface area (Å²) in [6.45, 7) is 2.67. The number of amides is 1. The molecule has 152 valence electrons. The topological polar surface area (TPSA) is 84.9 Å². The molecule has 4 rings (SSSR count). The lowest BCUT2D eigenvalue weighted by atomic mass is 9.72. The number of carboxylic acid groups (broad SMARTS) is 1. The van der Waals surface area contributed by atoms with Crippen LogP contribution >= 0.6 is 0 Å². The van der Waals surface area contributed by atoms with Crippen LogP contribution in [-0.2, 0) is 14.3 Å². The largest absolute Gasteiger partial charge is 0.481 e. The zero-order chi connectivity index (χ0) is 20.4. The molecule has 1 amide bonds. The first-order valence-electron chi connectivity index (χ1n) is 9.98. The van der Waals surface area contributed by atoms with Gasteiger partial charge in [0.15, 0.2) is 0 Å². The molecule has 2 aliphatic carbocycles. The monoisotopic (exact) mass is 395 g/mol. The second kappa shape index (κ2) is 7.87. The van der Waals surface area contributed by atoms with Gasteiger partial charge in [-0.15, -0.1) is 0 Å². The molecule has 2 aromatic rings. The number of aliphatic carboxylic acids is 1. The van der Waals surface area contributed by atoms with E-state index in [-0.39, 0.29) is 25.0 Å². The highest BCUT2D eigenvalue weighted by Gasteiger charge is 2.48. The number of rotatable bonds is 7. The second-order valence-corrected chi connectivity index (χ2v) is 7.79. The highest BCUT2D eigenvalue weighted by atomic mass is 16.5. The first-order chi connectivity index (χ1) is 14.0. The van der Waals surface area contributed by atoms with Crippen LogP contribution in [0.15, 0.2) is 48.5 Å². The summed E-state index contributed by atoms with van der Waals surface area (Å²) in [7, 11) is 0. The molecule has 2 aliphatic rings. The van der Waals surface area contributed by atoms with Crippen LogP contribution in [0.5, 0.6) is 0 Å². The lowest BCUT2D eigenvalue weighted by molar-refractivity contribution is -0.142. The van der Waals surface area contributed by atoms with Crippen LogP contribution in [0.2, 0.25) is 0 Å². The average molecular weight is 395 g/mol.